The van der Waals surface area contributed by atoms with E-state index in [1.807, 2.05) is 18.9 Å². The molecule has 1 amide bonds. The number of alkyl halides is 3. The largest absolute Gasteiger partial charge is 0.434 e. The van der Waals surface area contributed by atoms with Crippen molar-refractivity contribution in [2.75, 3.05) is 41.1 Å². The molecule has 1 atom stereocenters. The minimum absolute atomic E-state index is 0.0492. The number of nitrogens with zero attached hydrogens (tertiary/aromatic N) is 5. The van der Waals surface area contributed by atoms with Gasteiger partial charge in [-0.3, -0.25) is 4.79 Å². The summed E-state index contributed by atoms with van der Waals surface area (Å²) in [7, 11) is 1.84. The quantitative estimate of drug-likeness (QED) is 0.626. The molecule has 4 heterocycles. The molecule has 2 fully saturated rings. The lowest BCUT2D eigenvalue weighted by molar-refractivity contribution is -0.141. The predicted octanol–water partition coefficient (Wildman–Crippen LogP) is 2.20. The molecule has 1 aliphatic carbocycles. The van der Waals surface area contributed by atoms with E-state index in [1.54, 1.807) is 0 Å². The fourth-order valence-electron chi connectivity index (χ4n) is 4.39. The van der Waals surface area contributed by atoms with E-state index in [0.29, 0.717) is 61.4 Å². The maximum Gasteiger partial charge on any atom is 0.434 e. The second-order valence-electron chi connectivity index (χ2n) is 8.62. The average Bonchev–Trinajstić information content (AvgIpc) is 3.23. The van der Waals surface area contributed by atoms with E-state index in [9.17, 15) is 18.0 Å². The Morgan fingerprint density at radius 2 is 1.94 bits per heavy atom. The van der Waals surface area contributed by atoms with Gasteiger partial charge in [0.2, 0.25) is 5.95 Å². The number of carbonyl (C=O) groups is 1. The van der Waals surface area contributed by atoms with Gasteiger partial charge >= 0.3 is 6.18 Å². The van der Waals surface area contributed by atoms with Crippen molar-refractivity contribution in [3.05, 3.63) is 23.8 Å². The number of ether oxygens (including phenoxy) is 1. The molecular weight excluding hydrogens is 441 g/mol. The van der Waals surface area contributed by atoms with Crippen molar-refractivity contribution in [1.29, 1.82) is 0 Å². The van der Waals surface area contributed by atoms with Gasteiger partial charge in [-0.1, -0.05) is 0 Å². The van der Waals surface area contributed by atoms with Crippen LogP contribution in [-0.4, -0.2) is 63.7 Å². The summed E-state index contributed by atoms with van der Waals surface area (Å²) in [6.45, 7) is 2.64. The highest BCUT2D eigenvalue weighted by molar-refractivity contribution is 6.06. The first-order chi connectivity index (χ1) is 15.7. The molecule has 33 heavy (non-hydrogen) atoms. The topological polar surface area (TPSA) is 117 Å². The van der Waals surface area contributed by atoms with E-state index in [-0.39, 0.29) is 18.0 Å². The van der Waals surface area contributed by atoms with E-state index in [2.05, 4.69) is 35.9 Å². The molecule has 2 aromatic rings. The van der Waals surface area contributed by atoms with Crippen LogP contribution in [0.3, 0.4) is 0 Å². The Morgan fingerprint density at radius 3 is 2.58 bits per heavy atom. The molecule has 5 rings (SSSR count). The zero-order chi connectivity index (χ0) is 23.4. The summed E-state index contributed by atoms with van der Waals surface area (Å²) < 4.78 is 43.3. The van der Waals surface area contributed by atoms with Crippen molar-refractivity contribution >= 4 is 29.2 Å². The van der Waals surface area contributed by atoms with Gasteiger partial charge in [0.15, 0.2) is 11.5 Å². The highest BCUT2D eigenvalue weighted by Crippen LogP contribution is 2.40. The van der Waals surface area contributed by atoms with Crippen LogP contribution in [0.5, 0.6) is 0 Å². The number of hydrogen-bond donors (Lipinski definition) is 3. The van der Waals surface area contributed by atoms with Crippen LogP contribution in [-0.2, 0) is 15.7 Å². The van der Waals surface area contributed by atoms with Crippen LogP contribution in [0.15, 0.2) is 12.4 Å². The second-order valence-corrected chi connectivity index (χ2v) is 8.62. The molecule has 1 saturated heterocycles. The number of fused-ring (bicyclic) bond motifs is 1. The highest BCUT2D eigenvalue weighted by Gasteiger charge is 2.50. The van der Waals surface area contributed by atoms with Crippen molar-refractivity contribution < 1.29 is 22.7 Å². The Bertz CT molecular complexity index is 1070. The molecule has 13 heteroatoms. The molecule has 176 valence electrons. The highest BCUT2D eigenvalue weighted by atomic mass is 19.4. The smallest absolute Gasteiger partial charge is 0.378 e. The van der Waals surface area contributed by atoms with Gasteiger partial charge in [-0.05, 0) is 19.8 Å². The fraction of sp³-hybridized carbons (Fsp3) is 0.550. The summed E-state index contributed by atoms with van der Waals surface area (Å²) in [5.74, 6) is 1.29. The molecule has 2 aromatic heterocycles. The number of anilines is 4. The minimum Gasteiger partial charge on any atom is -0.378 e. The first-order valence-corrected chi connectivity index (χ1v) is 10.6. The Balaban J connectivity index is 1.23. The van der Waals surface area contributed by atoms with Crippen LogP contribution in [0.2, 0.25) is 0 Å². The van der Waals surface area contributed by atoms with Crippen molar-refractivity contribution in [1.82, 2.24) is 19.9 Å². The van der Waals surface area contributed by atoms with Crippen LogP contribution in [0.1, 0.15) is 30.7 Å². The Hall–Kier alpha value is -3.22. The minimum atomic E-state index is -4.51. The number of nitrogens with one attached hydrogen (secondary N) is 3. The number of rotatable bonds is 4. The van der Waals surface area contributed by atoms with E-state index in [0.717, 1.165) is 12.4 Å². The SMILES string of the molecule is Cc1nc(NC2CC(Nc3cnc(C(F)(F)F)cn3)C2)nc2c1NC(=O)[C@@]1(CCOC1)N2C. The van der Waals surface area contributed by atoms with Crippen LogP contribution in [0.25, 0.3) is 0 Å². The Morgan fingerprint density at radius 1 is 1.18 bits per heavy atom. The van der Waals surface area contributed by atoms with Gasteiger partial charge in [0.25, 0.3) is 5.91 Å². The van der Waals surface area contributed by atoms with E-state index in [1.165, 1.54) is 0 Å². The summed E-state index contributed by atoms with van der Waals surface area (Å²) in [6, 6.07) is 0.141. The third-order valence-electron chi connectivity index (χ3n) is 6.46. The van der Waals surface area contributed by atoms with Gasteiger partial charge in [-0.15, -0.1) is 0 Å². The van der Waals surface area contributed by atoms with Gasteiger partial charge in [0, 0.05) is 32.2 Å². The monoisotopic (exact) mass is 464 g/mol. The van der Waals surface area contributed by atoms with Gasteiger partial charge < -0.3 is 25.6 Å². The average molecular weight is 464 g/mol. The summed E-state index contributed by atoms with van der Waals surface area (Å²) in [4.78, 5) is 31.0. The molecule has 1 spiro atoms. The standard InChI is InChI=1S/C20H23F3N8O2/c1-10-15-16(31(2)19(17(32)29-15)3-4-33-9-19)30-18(26-10)28-12-5-11(6-12)27-14-8-24-13(7-25-14)20(21,22)23/h7-8,11-12H,3-6,9H2,1-2H3,(H,25,27)(H,29,32)(H,26,28,30)/t11?,12?,19-/m0/s1. The van der Waals surface area contributed by atoms with Crippen LogP contribution in [0.4, 0.5) is 36.4 Å². The molecule has 3 N–H and O–H groups in total. The normalized spacial score (nSPS) is 26.6. The van der Waals surface area contributed by atoms with Crippen molar-refractivity contribution in [2.24, 2.45) is 0 Å². The molecule has 0 unspecified atom stereocenters. The molecule has 0 bridgehead atoms. The van der Waals surface area contributed by atoms with Crippen LogP contribution >= 0.6 is 0 Å². The third-order valence-corrected chi connectivity index (χ3v) is 6.46. The Labute approximate surface area is 187 Å². The number of halogens is 3. The Kier molecular flexibility index (Phi) is 5.03. The zero-order valence-electron chi connectivity index (χ0n) is 18.0. The number of carbonyl (C=O) groups excluding carboxylic acids is 1. The predicted molar refractivity (Wildman–Crippen MR) is 113 cm³/mol. The van der Waals surface area contributed by atoms with Crippen molar-refractivity contribution in [3.8, 4) is 0 Å². The lowest BCUT2D eigenvalue weighted by Gasteiger charge is -2.42. The van der Waals surface area contributed by atoms with E-state index < -0.39 is 17.4 Å². The van der Waals surface area contributed by atoms with Crippen LogP contribution < -0.4 is 20.9 Å². The van der Waals surface area contributed by atoms with E-state index in [4.69, 9.17) is 4.74 Å². The second kappa shape index (κ2) is 7.68. The summed E-state index contributed by atoms with van der Waals surface area (Å²) in [5.41, 5.74) is -0.530. The number of aromatic nitrogens is 4. The van der Waals surface area contributed by atoms with Gasteiger partial charge in [-0.2, -0.15) is 18.2 Å². The maximum absolute atomic E-state index is 12.7. The molecular formula is C20H23F3N8O2. The number of amides is 1. The first kappa shape index (κ1) is 21.6. The molecule has 10 nitrogen and oxygen atoms in total. The van der Waals surface area contributed by atoms with Gasteiger partial charge in [0.05, 0.1) is 24.7 Å². The third kappa shape index (κ3) is 3.79. The van der Waals surface area contributed by atoms with Crippen molar-refractivity contribution in [2.45, 2.75) is 50.0 Å². The van der Waals surface area contributed by atoms with Crippen molar-refractivity contribution in [3.63, 3.8) is 0 Å². The van der Waals surface area contributed by atoms with Crippen LogP contribution in [0, 0.1) is 6.92 Å². The summed E-state index contributed by atoms with van der Waals surface area (Å²) in [6.07, 6.45) is -0.683. The molecule has 3 aliphatic rings. The zero-order valence-corrected chi connectivity index (χ0v) is 18.0. The first-order valence-electron chi connectivity index (χ1n) is 10.6. The van der Waals surface area contributed by atoms with Gasteiger partial charge in [-0.25, -0.2) is 15.0 Å². The van der Waals surface area contributed by atoms with Gasteiger partial charge in [0.1, 0.15) is 17.0 Å². The fourth-order valence-corrected chi connectivity index (χ4v) is 4.39. The summed E-state index contributed by atoms with van der Waals surface area (Å²) in [5, 5.41) is 9.34. The lowest BCUT2D eigenvalue weighted by atomic mass is 9.87. The lowest BCUT2D eigenvalue weighted by Crippen LogP contribution is -2.59. The number of hydrogen-bond acceptors (Lipinski definition) is 9. The maximum atomic E-state index is 12.7. The molecule has 0 aromatic carbocycles. The molecule has 2 aliphatic heterocycles. The molecule has 0 radical (unpaired) electrons. The molecule has 1 saturated carbocycles. The number of likely N-dealkylation sites (N-methyl/N-ethyl adjacent to an activating group) is 1. The summed E-state index contributed by atoms with van der Waals surface area (Å²) >= 11 is 0. The van der Waals surface area contributed by atoms with E-state index >= 15 is 0 Å². The number of aryl methyl sites for hydroxylation is 1.